The summed E-state index contributed by atoms with van der Waals surface area (Å²) in [5.74, 6) is 1.60. The molecule has 1 aliphatic rings. The van der Waals surface area contributed by atoms with Crippen molar-refractivity contribution in [1.82, 2.24) is 0 Å². The van der Waals surface area contributed by atoms with Crippen molar-refractivity contribution in [3.05, 3.63) is 108 Å². The molecule has 1 aliphatic carbocycles. The molecule has 0 atom stereocenters. The number of aliphatic hydroxyl groups excluding tert-OH is 1. The Morgan fingerprint density at radius 2 is 1.40 bits per heavy atom. The fraction of sp³-hybridized carbons (Fsp3) is 0.421. The third-order valence-electron chi connectivity index (χ3n) is 8.65. The smallest absolute Gasteiger partial charge is 0.0639 e. The number of aliphatic hydroxyl groups is 1. The van der Waals surface area contributed by atoms with Crippen molar-refractivity contribution in [2.75, 3.05) is 20.3 Å². The number of ether oxygens (including phenoxy) is 1. The van der Waals surface area contributed by atoms with Gasteiger partial charge in [0.1, 0.15) is 0 Å². The standard InChI is InChI=1S/C38H48O2/c1-4-5-9-30-12-14-33(15-13-30)34-16-18-35(19-17-34)36-20-22-37(23-21-36)38-26-31(10-6-8-29(2)28-39)25-32(27-38)11-7-24-40-3/h4,16-23,25-27,30,33,39H,1-2,5-15,24,28H2,3H3. The fourth-order valence-corrected chi connectivity index (χ4v) is 6.20. The second-order valence-corrected chi connectivity index (χ2v) is 11.7. The normalized spacial score (nSPS) is 17.1. The molecule has 1 N–H and O–H groups in total. The highest BCUT2D eigenvalue weighted by molar-refractivity contribution is 5.71. The van der Waals surface area contributed by atoms with Crippen molar-refractivity contribution in [2.45, 2.75) is 76.5 Å². The predicted octanol–water partition coefficient (Wildman–Crippen LogP) is 9.71. The Morgan fingerprint density at radius 1 is 0.825 bits per heavy atom. The first-order valence-corrected chi connectivity index (χ1v) is 15.3. The Kier molecular flexibility index (Phi) is 11.8. The molecule has 4 rings (SSSR count). The number of rotatable bonds is 15. The van der Waals surface area contributed by atoms with E-state index >= 15 is 0 Å². The van der Waals surface area contributed by atoms with Crippen molar-refractivity contribution < 1.29 is 9.84 Å². The van der Waals surface area contributed by atoms with Crippen LogP contribution in [0.5, 0.6) is 0 Å². The lowest BCUT2D eigenvalue weighted by molar-refractivity contribution is 0.195. The van der Waals surface area contributed by atoms with Crippen molar-refractivity contribution in [2.24, 2.45) is 5.92 Å². The molecule has 3 aromatic carbocycles. The minimum atomic E-state index is 0.0782. The van der Waals surface area contributed by atoms with Crippen LogP contribution in [0.4, 0.5) is 0 Å². The van der Waals surface area contributed by atoms with Crippen LogP contribution >= 0.6 is 0 Å². The molecule has 40 heavy (non-hydrogen) atoms. The zero-order valence-electron chi connectivity index (χ0n) is 24.5. The van der Waals surface area contributed by atoms with Gasteiger partial charge < -0.3 is 9.84 Å². The molecule has 0 saturated heterocycles. The Balaban J connectivity index is 1.43. The number of aryl methyl sites for hydroxylation is 2. The maximum Gasteiger partial charge on any atom is 0.0639 e. The van der Waals surface area contributed by atoms with Crippen LogP contribution in [-0.2, 0) is 17.6 Å². The number of benzene rings is 3. The van der Waals surface area contributed by atoms with Gasteiger partial charge in [-0.15, -0.1) is 6.58 Å². The summed E-state index contributed by atoms with van der Waals surface area (Å²) in [6.45, 7) is 8.68. The molecule has 0 aromatic heterocycles. The van der Waals surface area contributed by atoms with E-state index in [1.165, 1.54) is 71.0 Å². The summed E-state index contributed by atoms with van der Waals surface area (Å²) < 4.78 is 5.29. The summed E-state index contributed by atoms with van der Waals surface area (Å²) in [4.78, 5) is 0. The molecular weight excluding hydrogens is 488 g/mol. The molecule has 2 heteroatoms. The zero-order chi connectivity index (χ0) is 28.2. The second kappa shape index (κ2) is 15.7. The van der Waals surface area contributed by atoms with Gasteiger partial charge in [-0.05, 0) is 121 Å². The Labute approximate surface area is 242 Å². The second-order valence-electron chi connectivity index (χ2n) is 11.7. The Hall–Kier alpha value is -2.94. The molecule has 0 unspecified atom stereocenters. The molecule has 1 fully saturated rings. The first kappa shape index (κ1) is 30.0. The van der Waals surface area contributed by atoms with Crippen LogP contribution in [0.25, 0.3) is 22.3 Å². The average Bonchev–Trinajstić information content (AvgIpc) is 3.00. The van der Waals surface area contributed by atoms with Crippen molar-refractivity contribution in [1.29, 1.82) is 0 Å². The van der Waals surface area contributed by atoms with Gasteiger partial charge in [0.25, 0.3) is 0 Å². The van der Waals surface area contributed by atoms with Gasteiger partial charge in [0.05, 0.1) is 6.61 Å². The molecule has 1 saturated carbocycles. The van der Waals surface area contributed by atoms with Crippen molar-refractivity contribution in [3.8, 4) is 22.3 Å². The number of allylic oxidation sites excluding steroid dienone is 1. The number of hydrogen-bond donors (Lipinski definition) is 1. The molecular formula is C38H48O2. The van der Waals surface area contributed by atoms with Crippen LogP contribution in [0.3, 0.4) is 0 Å². The van der Waals surface area contributed by atoms with E-state index < -0.39 is 0 Å². The first-order valence-electron chi connectivity index (χ1n) is 15.3. The van der Waals surface area contributed by atoms with Gasteiger partial charge in [0, 0.05) is 13.7 Å². The average molecular weight is 537 g/mol. The molecule has 0 radical (unpaired) electrons. The van der Waals surface area contributed by atoms with Crippen LogP contribution in [-0.4, -0.2) is 25.4 Å². The summed E-state index contributed by atoms with van der Waals surface area (Å²) in [5, 5.41) is 9.29. The van der Waals surface area contributed by atoms with E-state index in [0.29, 0.717) is 5.92 Å². The monoisotopic (exact) mass is 536 g/mol. The highest BCUT2D eigenvalue weighted by Crippen LogP contribution is 2.38. The minimum absolute atomic E-state index is 0.0782. The van der Waals surface area contributed by atoms with Gasteiger partial charge in [-0.25, -0.2) is 0 Å². The van der Waals surface area contributed by atoms with E-state index in [9.17, 15) is 5.11 Å². The highest BCUT2D eigenvalue weighted by atomic mass is 16.5. The van der Waals surface area contributed by atoms with Gasteiger partial charge >= 0.3 is 0 Å². The lowest BCUT2D eigenvalue weighted by atomic mass is 9.77. The van der Waals surface area contributed by atoms with E-state index in [-0.39, 0.29) is 6.61 Å². The minimum Gasteiger partial charge on any atom is -0.392 e. The summed E-state index contributed by atoms with van der Waals surface area (Å²) in [5.41, 5.74) is 10.2. The van der Waals surface area contributed by atoms with Crippen molar-refractivity contribution in [3.63, 3.8) is 0 Å². The largest absolute Gasteiger partial charge is 0.392 e. The van der Waals surface area contributed by atoms with Crippen LogP contribution in [0.2, 0.25) is 0 Å². The molecule has 2 nitrogen and oxygen atoms in total. The SMILES string of the molecule is C=CCCC1CCC(c2ccc(-c3ccc(-c4cc(CCCOC)cc(CCCC(=C)CO)c4)cc3)cc2)CC1. The number of methoxy groups -OCH3 is 1. The predicted molar refractivity (Wildman–Crippen MR) is 171 cm³/mol. The van der Waals surface area contributed by atoms with Crippen LogP contribution in [0, 0.1) is 5.92 Å². The van der Waals surface area contributed by atoms with E-state index in [2.05, 4.69) is 86.0 Å². The first-order chi connectivity index (χ1) is 19.6. The van der Waals surface area contributed by atoms with Crippen LogP contribution in [0.1, 0.15) is 80.4 Å². The summed E-state index contributed by atoms with van der Waals surface area (Å²) in [7, 11) is 1.77. The maximum atomic E-state index is 9.29. The summed E-state index contributed by atoms with van der Waals surface area (Å²) in [6, 6.07) is 25.4. The van der Waals surface area contributed by atoms with E-state index in [0.717, 1.165) is 56.6 Å². The third kappa shape index (κ3) is 8.78. The topological polar surface area (TPSA) is 29.5 Å². The van der Waals surface area contributed by atoms with Crippen LogP contribution in [0.15, 0.2) is 91.5 Å². The lowest BCUT2D eigenvalue weighted by Crippen LogP contribution is -2.13. The lowest BCUT2D eigenvalue weighted by Gasteiger charge is -2.28. The third-order valence-corrected chi connectivity index (χ3v) is 8.65. The van der Waals surface area contributed by atoms with Crippen LogP contribution < -0.4 is 0 Å². The van der Waals surface area contributed by atoms with E-state index in [1.807, 2.05) is 0 Å². The maximum absolute atomic E-state index is 9.29. The molecule has 0 amide bonds. The van der Waals surface area contributed by atoms with Gasteiger partial charge in [0.15, 0.2) is 0 Å². The van der Waals surface area contributed by atoms with Gasteiger partial charge in [-0.2, -0.15) is 0 Å². The Bertz CT molecular complexity index is 1200. The molecule has 0 bridgehead atoms. The zero-order valence-corrected chi connectivity index (χ0v) is 24.5. The molecule has 0 heterocycles. The van der Waals surface area contributed by atoms with Gasteiger partial charge in [-0.3, -0.25) is 0 Å². The number of hydrogen-bond acceptors (Lipinski definition) is 2. The Morgan fingerprint density at radius 3 is 1.98 bits per heavy atom. The molecule has 212 valence electrons. The summed E-state index contributed by atoms with van der Waals surface area (Å²) >= 11 is 0. The van der Waals surface area contributed by atoms with E-state index in [1.54, 1.807) is 7.11 Å². The van der Waals surface area contributed by atoms with Crippen molar-refractivity contribution >= 4 is 0 Å². The van der Waals surface area contributed by atoms with Gasteiger partial charge in [-0.1, -0.05) is 85.0 Å². The van der Waals surface area contributed by atoms with E-state index in [4.69, 9.17) is 4.74 Å². The molecule has 3 aromatic rings. The highest BCUT2D eigenvalue weighted by Gasteiger charge is 2.21. The molecule has 0 aliphatic heterocycles. The van der Waals surface area contributed by atoms with Gasteiger partial charge in [0.2, 0.25) is 0 Å². The fourth-order valence-electron chi connectivity index (χ4n) is 6.20. The molecule has 0 spiro atoms. The quantitative estimate of drug-likeness (QED) is 0.155. The summed E-state index contributed by atoms with van der Waals surface area (Å²) in [6.07, 6.45) is 14.8.